The number of nitrogens with one attached hydrogen (secondary N) is 1. The van der Waals surface area contributed by atoms with Crippen LogP contribution in [0.1, 0.15) is 37.5 Å². The van der Waals surface area contributed by atoms with E-state index >= 15 is 0 Å². The van der Waals surface area contributed by atoms with Crippen LogP contribution >= 0.6 is 22.9 Å². The first-order valence-electron chi connectivity index (χ1n) is 8.75. The van der Waals surface area contributed by atoms with Crippen LogP contribution in [0.5, 0.6) is 5.75 Å². The van der Waals surface area contributed by atoms with Gasteiger partial charge in [-0.25, -0.2) is 8.42 Å². The van der Waals surface area contributed by atoms with Gasteiger partial charge in [0.2, 0.25) is 11.7 Å². The molecule has 0 amide bonds. The predicted octanol–water partition coefficient (Wildman–Crippen LogP) is 4.92. The smallest absolute Gasteiger partial charge is 0.271 e. The van der Waals surface area contributed by atoms with Crippen LogP contribution in [0.2, 0.25) is 5.02 Å². The van der Waals surface area contributed by atoms with Crippen molar-refractivity contribution in [3.05, 3.63) is 40.6 Å². The maximum Gasteiger partial charge on any atom is 0.271 e. The van der Waals surface area contributed by atoms with Crippen LogP contribution in [0.4, 0.5) is 5.69 Å². The summed E-state index contributed by atoms with van der Waals surface area (Å²) in [5.74, 6) is 1.72. The molecular weight excluding hydrogens is 422 g/mol. The largest absolute Gasteiger partial charge is 0.495 e. The fraction of sp³-hybridized carbons (Fsp3) is 0.333. The lowest BCUT2D eigenvalue weighted by Crippen LogP contribution is -2.12. The van der Waals surface area contributed by atoms with E-state index in [1.807, 2.05) is 0 Å². The second kappa shape index (κ2) is 7.73. The molecule has 3 aromatic rings. The summed E-state index contributed by atoms with van der Waals surface area (Å²) in [4.78, 5) is 4.46. The van der Waals surface area contributed by atoms with Gasteiger partial charge in [-0.15, -0.1) is 11.3 Å². The zero-order valence-corrected chi connectivity index (χ0v) is 17.4. The zero-order valence-electron chi connectivity index (χ0n) is 15.0. The molecule has 10 heteroatoms. The van der Waals surface area contributed by atoms with Crippen LogP contribution in [0.3, 0.4) is 0 Å². The molecule has 0 spiro atoms. The summed E-state index contributed by atoms with van der Waals surface area (Å²) in [5.41, 5.74) is 0.879. The quantitative estimate of drug-likeness (QED) is 0.585. The molecule has 1 aliphatic carbocycles. The number of thiophene rings is 1. The van der Waals surface area contributed by atoms with Crippen molar-refractivity contribution in [1.29, 1.82) is 0 Å². The van der Waals surface area contributed by atoms with Crippen molar-refractivity contribution >= 4 is 38.6 Å². The van der Waals surface area contributed by atoms with E-state index in [-0.39, 0.29) is 9.90 Å². The van der Waals surface area contributed by atoms with E-state index in [1.54, 1.807) is 17.5 Å². The number of nitrogens with zero attached hydrogens (tertiary/aromatic N) is 2. The Labute approximate surface area is 171 Å². The molecule has 0 bridgehead atoms. The third-order valence-corrected chi connectivity index (χ3v) is 7.69. The Morgan fingerprint density at radius 3 is 2.82 bits per heavy atom. The van der Waals surface area contributed by atoms with E-state index in [9.17, 15) is 8.42 Å². The van der Waals surface area contributed by atoms with Gasteiger partial charge in [0, 0.05) is 21.9 Å². The molecule has 2 heterocycles. The Morgan fingerprint density at radius 1 is 1.29 bits per heavy atom. The molecular formula is C18H18ClN3O4S2. The molecule has 148 valence electrons. The van der Waals surface area contributed by atoms with Gasteiger partial charge in [0.1, 0.15) is 9.96 Å². The molecule has 2 aromatic heterocycles. The minimum Gasteiger partial charge on any atom is -0.495 e. The van der Waals surface area contributed by atoms with E-state index in [4.69, 9.17) is 20.9 Å². The van der Waals surface area contributed by atoms with Crippen molar-refractivity contribution in [2.45, 2.75) is 35.8 Å². The highest BCUT2D eigenvalue weighted by Crippen LogP contribution is 2.35. The topological polar surface area (TPSA) is 94.3 Å². The number of hydrogen-bond acceptors (Lipinski definition) is 7. The summed E-state index contributed by atoms with van der Waals surface area (Å²) in [6, 6.07) is 6.26. The molecule has 1 saturated carbocycles. The minimum atomic E-state index is -3.81. The molecule has 1 aliphatic rings. The number of aromatic nitrogens is 2. The minimum absolute atomic E-state index is 0.136. The molecule has 0 unspecified atom stereocenters. The lowest BCUT2D eigenvalue weighted by molar-refractivity contribution is 0.354. The molecule has 7 nitrogen and oxygen atoms in total. The molecule has 0 radical (unpaired) electrons. The van der Waals surface area contributed by atoms with Crippen LogP contribution in [-0.2, 0) is 10.0 Å². The van der Waals surface area contributed by atoms with Gasteiger partial charge in [0.25, 0.3) is 10.0 Å². The second-order valence-corrected chi connectivity index (χ2v) is 9.80. The second-order valence-electron chi connectivity index (χ2n) is 6.54. The van der Waals surface area contributed by atoms with Crippen LogP contribution in [0, 0.1) is 0 Å². The van der Waals surface area contributed by atoms with Gasteiger partial charge in [0.05, 0.1) is 12.8 Å². The number of halogens is 1. The van der Waals surface area contributed by atoms with Crippen LogP contribution in [0.15, 0.2) is 38.4 Å². The Hall–Kier alpha value is -2.10. The van der Waals surface area contributed by atoms with Gasteiger partial charge in [0.15, 0.2) is 0 Å². The Kier molecular flexibility index (Phi) is 5.31. The SMILES string of the molecule is COc1ccc(Cl)cc1NS(=O)(=O)c1cc(-c2noc(C3CCCC3)n2)cs1. The number of methoxy groups -OCH3 is 1. The Morgan fingerprint density at radius 2 is 2.07 bits per heavy atom. The highest BCUT2D eigenvalue weighted by Gasteiger charge is 2.25. The first-order valence-corrected chi connectivity index (χ1v) is 11.5. The average molecular weight is 440 g/mol. The van der Waals surface area contributed by atoms with E-state index in [0.29, 0.717) is 34.0 Å². The summed E-state index contributed by atoms with van der Waals surface area (Å²) in [5, 5.41) is 6.12. The number of ether oxygens (including phenoxy) is 1. The van der Waals surface area contributed by atoms with E-state index in [0.717, 1.165) is 24.2 Å². The van der Waals surface area contributed by atoms with E-state index in [2.05, 4.69) is 14.9 Å². The van der Waals surface area contributed by atoms with Crippen molar-refractivity contribution in [2.24, 2.45) is 0 Å². The summed E-state index contributed by atoms with van der Waals surface area (Å²) < 4.78 is 38.8. The number of benzene rings is 1. The normalized spacial score (nSPS) is 15.1. The first kappa shape index (κ1) is 19.2. The van der Waals surface area contributed by atoms with Gasteiger partial charge < -0.3 is 9.26 Å². The maximum atomic E-state index is 12.8. The van der Waals surface area contributed by atoms with Crippen LogP contribution in [0.25, 0.3) is 11.4 Å². The maximum absolute atomic E-state index is 12.8. The highest BCUT2D eigenvalue weighted by atomic mass is 35.5. The van der Waals surface area contributed by atoms with E-state index < -0.39 is 10.0 Å². The number of anilines is 1. The lowest BCUT2D eigenvalue weighted by Gasteiger charge is -2.11. The molecule has 4 rings (SSSR count). The van der Waals surface area contributed by atoms with Gasteiger partial charge in [-0.2, -0.15) is 4.98 Å². The van der Waals surface area contributed by atoms with Gasteiger partial charge in [-0.1, -0.05) is 29.6 Å². The first-order chi connectivity index (χ1) is 13.5. The fourth-order valence-corrected chi connectivity index (χ4v) is 5.61. The number of hydrogen-bond donors (Lipinski definition) is 1. The van der Waals surface area contributed by atoms with Gasteiger partial charge in [-0.05, 0) is 37.1 Å². The van der Waals surface area contributed by atoms with Crippen molar-refractivity contribution in [3.63, 3.8) is 0 Å². The summed E-state index contributed by atoms with van der Waals surface area (Å²) in [6.07, 6.45) is 4.44. The highest BCUT2D eigenvalue weighted by molar-refractivity contribution is 7.94. The van der Waals surface area contributed by atoms with Crippen molar-refractivity contribution in [3.8, 4) is 17.1 Å². The molecule has 1 aromatic carbocycles. The zero-order chi connectivity index (χ0) is 19.7. The monoisotopic (exact) mass is 439 g/mol. The van der Waals surface area contributed by atoms with Crippen molar-refractivity contribution in [1.82, 2.24) is 10.1 Å². The average Bonchev–Trinajstić information content (AvgIpc) is 3.40. The molecule has 1 N–H and O–H groups in total. The van der Waals surface area contributed by atoms with E-state index in [1.165, 1.54) is 32.1 Å². The van der Waals surface area contributed by atoms with Gasteiger partial charge in [-0.3, -0.25) is 4.72 Å². The lowest BCUT2D eigenvalue weighted by atomic mass is 10.1. The molecule has 28 heavy (non-hydrogen) atoms. The molecule has 0 atom stereocenters. The summed E-state index contributed by atoms with van der Waals surface area (Å²) in [6.45, 7) is 0. The molecule has 0 saturated heterocycles. The Balaban J connectivity index is 1.57. The summed E-state index contributed by atoms with van der Waals surface area (Å²) in [7, 11) is -2.35. The fourth-order valence-electron chi connectivity index (χ4n) is 3.22. The summed E-state index contributed by atoms with van der Waals surface area (Å²) >= 11 is 7.06. The van der Waals surface area contributed by atoms with Gasteiger partial charge >= 0.3 is 0 Å². The van der Waals surface area contributed by atoms with Crippen LogP contribution < -0.4 is 9.46 Å². The van der Waals surface area contributed by atoms with Crippen molar-refractivity contribution < 1.29 is 17.7 Å². The third-order valence-electron chi connectivity index (χ3n) is 4.65. The number of sulfonamides is 1. The predicted molar refractivity (Wildman–Crippen MR) is 108 cm³/mol. The third kappa shape index (κ3) is 3.87. The molecule has 0 aliphatic heterocycles. The number of rotatable bonds is 6. The Bertz CT molecular complexity index is 1090. The van der Waals surface area contributed by atoms with Crippen molar-refractivity contribution in [2.75, 3.05) is 11.8 Å². The standard InChI is InChI=1S/C18H18ClN3O4S2/c1-25-15-7-6-13(19)9-14(15)22-28(23,24)16-8-12(10-27-16)17-20-18(26-21-17)11-4-2-3-5-11/h6-11,22H,2-5H2,1H3. The van der Waals surface area contributed by atoms with Crippen LogP contribution in [-0.4, -0.2) is 25.7 Å². The molecule has 1 fully saturated rings.